The molecule has 2 rings (SSSR count). The number of methoxy groups -OCH3 is 1. The molecule has 0 radical (unpaired) electrons. The van der Waals surface area contributed by atoms with Gasteiger partial charge in [0.05, 0.1) is 20.1 Å². The van der Waals surface area contributed by atoms with Gasteiger partial charge >= 0.3 is 5.97 Å². The number of fused-ring (bicyclic) bond motifs is 1. The van der Waals surface area contributed by atoms with Crippen LogP contribution < -0.4 is 10.1 Å². The van der Waals surface area contributed by atoms with Crippen molar-refractivity contribution in [3.05, 3.63) is 29.3 Å². The maximum atomic E-state index is 10.9. The molecule has 18 heavy (non-hydrogen) atoms. The van der Waals surface area contributed by atoms with Crippen LogP contribution in [-0.2, 0) is 22.5 Å². The fourth-order valence-corrected chi connectivity index (χ4v) is 2.05. The zero-order valence-electron chi connectivity index (χ0n) is 10.7. The molecule has 0 atom stereocenters. The molecule has 0 aliphatic carbocycles. The summed E-state index contributed by atoms with van der Waals surface area (Å²) in [5.41, 5.74) is 2.51. The number of rotatable bonds is 5. The summed E-state index contributed by atoms with van der Waals surface area (Å²) in [6.07, 6.45) is 2.59. The van der Waals surface area contributed by atoms with Gasteiger partial charge in [0, 0.05) is 13.1 Å². The van der Waals surface area contributed by atoms with Gasteiger partial charge in [-0.3, -0.25) is 4.79 Å². The van der Waals surface area contributed by atoms with Crippen molar-refractivity contribution in [1.29, 1.82) is 0 Å². The maximum Gasteiger partial charge on any atom is 0.306 e. The van der Waals surface area contributed by atoms with E-state index < -0.39 is 0 Å². The quantitative estimate of drug-likeness (QED) is 0.637. The molecule has 1 aromatic carbocycles. The van der Waals surface area contributed by atoms with E-state index in [1.807, 2.05) is 6.07 Å². The first-order valence-corrected chi connectivity index (χ1v) is 6.32. The first-order chi connectivity index (χ1) is 8.79. The van der Waals surface area contributed by atoms with Gasteiger partial charge in [-0.15, -0.1) is 0 Å². The summed E-state index contributed by atoms with van der Waals surface area (Å²) in [6, 6.07) is 6.28. The van der Waals surface area contributed by atoms with Crippen LogP contribution in [0.15, 0.2) is 18.2 Å². The number of hydrogen-bond donors (Lipinski definition) is 1. The second-order valence-corrected chi connectivity index (χ2v) is 4.40. The van der Waals surface area contributed by atoms with Crippen molar-refractivity contribution in [3.63, 3.8) is 0 Å². The molecule has 98 valence electrons. The number of benzene rings is 1. The van der Waals surface area contributed by atoms with Crippen LogP contribution in [0.5, 0.6) is 5.75 Å². The van der Waals surface area contributed by atoms with E-state index in [4.69, 9.17) is 4.74 Å². The summed E-state index contributed by atoms with van der Waals surface area (Å²) in [5, 5.41) is 3.23. The van der Waals surface area contributed by atoms with E-state index in [-0.39, 0.29) is 5.97 Å². The maximum absolute atomic E-state index is 10.9. The predicted molar refractivity (Wildman–Crippen MR) is 68.6 cm³/mol. The zero-order valence-corrected chi connectivity index (χ0v) is 10.7. The Labute approximate surface area is 107 Å². The average Bonchev–Trinajstić information content (AvgIpc) is 2.43. The lowest BCUT2D eigenvalue weighted by atomic mass is 10.0. The molecule has 1 heterocycles. The van der Waals surface area contributed by atoms with Gasteiger partial charge in [-0.2, -0.15) is 0 Å². The minimum Gasteiger partial charge on any atom is -0.493 e. The van der Waals surface area contributed by atoms with Gasteiger partial charge in [-0.25, -0.2) is 0 Å². The normalized spacial score (nSPS) is 13.6. The molecule has 1 aliphatic heterocycles. The Hall–Kier alpha value is -1.55. The van der Waals surface area contributed by atoms with Crippen LogP contribution in [0.1, 0.15) is 24.0 Å². The van der Waals surface area contributed by atoms with Gasteiger partial charge < -0.3 is 14.8 Å². The summed E-state index contributed by atoms with van der Waals surface area (Å²) in [6.45, 7) is 2.23. The Bertz CT molecular complexity index is 418. The average molecular weight is 249 g/mol. The number of esters is 1. The lowest BCUT2D eigenvalue weighted by Crippen LogP contribution is -2.18. The van der Waals surface area contributed by atoms with Crippen LogP contribution in [0.2, 0.25) is 0 Å². The first-order valence-electron chi connectivity index (χ1n) is 6.32. The Kier molecular flexibility index (Phi) is 4.59. The summed E-state index contributed by atoms with van der Waals surface area (Å²) in [5.74, 6) is 0.834. The highest BCUT2D eigenvalue weighted by Gasteiger charge is 2.10. The molecule has 0 saturated carbocycles. The Morgan fingerprint density at radius 3 is 3.22 bits per heavy atom. The summed E-state index contributed by atoms with van der Waals surface area (Å²) in [4.78, 5) is 10.9. The third-order valence-electron chi connectivity index (χ3n) is 3.04. The van der Waals surface area contributed by atoms with Crippen LogP contribution in [0, 0.1) is 0 Å². The van der Waals surface area contributed by atoms with E-state index in [9.17, 15) is 4.79 Å². The molecule has 1 aromatic rings. The number of carbonyl (C=O) groups is 1. The van der Waals surface area contributed by atoms with Crippen LogP contribution in [0.4, 0.5) is 0 Å². The minimum absolute atomic E-state index is 0.179. The monoisotopic (exact) mass is 249 g/mol. The molecule has 1 aliphatic rings. The third kappa shape index (κ3) is 3.47. The SMILES string of the molecule is COC(=O)CCNCc1ccc2c(c1)CCCO2. The van der Waals surface area contributed by atoms with Crippen molar-refractivity contribution >= 4 is 5.97 Å². The lowest BCUT2D eigenvalue weighted by molar-refractivity contribution is -0.140. The van der Waals surface area contributed by atoms with Gasteiger partial charge in [0.15, 0.2) is 0 Å². The van der Waals surface area contributed by atoms with Crippen molar-refractivity contribution in [2.75, 3.05) is 20.3 Å². The van der Waals surface area contributed by atoms with Crippen LogP contribution >= 0.6 is 0 Å². The Morgan fingerprint density at radius 1 is 1.50 bits per heavy atom. The minimum atomic E-state index is -0.179. The number of ether oxygens (including phenoxy) is 2. The number of nitrogens with one attached hydrogen (secondary N) is 1. The van der Waals surface area contributed by atoms with Gasteiger partial charge in [-0.1, -0.05) is 12.1 Å². The summed E-state index contributed by atoms with van der Waals surface area (Å²) in [7, 11) is 1.41. The fourth-order valence-electron chi connectivity index (χ4n) is 2.05. The molecule has 0 aromatic heterocycles. The first kappa shape index (κ1) is 12.9. The van der Waals surface area contributed by atoms with E-state index in [0.717, 1.165) is 31.7 Å². The second-order valence-electron chi connectivity index (χ2n) is 4.40. The highest BCUT2D eigenvalue weighted by atomic mass is 16.5. The van der Waals surface area contributed by atoms with Crippen LogP contribution in [-0.4, -0.2) is 26.2 Å². The molecule has 0 amide bonds. The van der Waals surface area contributed by atoms with Gasteiger partial charge in [0.2, 0.25) is 0 Å². The fraction of sp³-hybridized carbons (Fsp3) is 0.500. The van der Waals surface area contributed by atoms with Crippen molar-refractivity contribution in [2.45, 2.75) is 25.8 Å². The Balaban J connectivity index is 1.81. The molecular weight excluding hydrogens is 230 g/mol. The van der Waals surface area contributed by atoms with E-state index in [0.29, 0.717) is 13.0 Å². The number of carbonyl (C=O) groups excluding carboxylic acids is 1. The number of aryl methyl sites for hydroxylation is 1. The highest BCUT2D eigenvalue weighted by Crippen LogP contribution is 2.25. The molecule has 0 fully saturated rings. The molecule has 4 nitrogen and oxygen atoms in total. The molecule has 0 spiro atoms. The smallest absolute Gasteiger partial charge is 0.306 e. The van der Waals surface area contributed by atoms with Gasteiger partial charge in [-0.05, 0) is 30.0 Å². The van der Waals surface area contributed by atoms with Crippen molar-refractivity contribution < 1.29 is 14.3 Å². The Morgan fingerprint density at radius 2 is 2.39 bits per heavy atom. The zero-order chi connectivity index (χ0) is 12.8. The van der Waals surface area contributed by atoms with E-state index >= 15 is 0 Å². The molecule has 0 saturated heterocycles. The van der Waals surface area contributed by atoms with Crippen molar-refractivity contribution in [2.24, 2.45) is 0 Å². The van der Waals surface area contributed by atoms with Crippen LogP contribution in [0.3, 0.4) is 0 Å². The molecule has 1 N–H and O–H groups in total. The molecular formula is C14H19NO3. The van der Waals surface area contributed by atoms with Crippen molar-refractivity contribution in [1.82, 2.24) is 5.32 Å². The number of hydrogen-bond acceptors (Lipinski definition) is 4. The largest absolute Gasteiger partial charge is 0.493 e. The predicted octanol–water partition coefficient (Wildman–Crippen LogP) is 1.66. The molecule has 0 unspecified atom stereocenters. The second kappa shape index (κ2) is 6.40. The summed E-state index contributed by atoms with van der Waals surface area (Å²) < 4.78 is 10.1. The lowest BCUT2D eigenvalue weighted by Gasteiger charge is -2.18. The molecule has 4 heteroatoms. The van der Waals surface area contributed by atoms with E-state index in [1.165, 1.54) is 18.2 Å². The van der Waals surface area contributed by atoms with Gasteiger partial charge in [0.25, 0.3) is 0 Å². The van der Waals surface area contributed by atoms with E-state index in [1.54, 1.807) is 0 Å². The van der Waals surface area contributed by atoms with Gasteiger partial charge in [0.1, 0.15) is 5.75 Å². The van der Waals surface area contributed by atoms with E-state index in [2.05, 4.69) is 22.2 Å². The topological polar surface area (TPSA) is 47.6 Å². The van der Waals surface area contributed by atoms with Crippen LogP contribution in [0.25, 0.3) is 0 Å². The highest BCUT2D eigenvalue weighted by molar-refractivity contribution is 5.69. The van der Waals surface area contributed by atoms with Crippen molar-refractivity contribution in [3.8, 4) is 5.75 Å². The molecule has 0 bridgehead atoms. The standard InChI is InChI=1S/C14H19NO3/c1-17-14(16)6-7-15-10-11-4-5-13-12(9-11)3-2-8-18-13/h4-5,9,15H,2-3,6-8,10H2,1H3. The third-order valence-corrected chi connectivity index (χ3v) is 3.04. The summed E-state index contributed by atoms with van der Waals surface area (Å²) >= 11 is 0.